The third kappa shape index (κ3) is 14.3. The van der Waals surface area contributed by atoms with E-state index in [0.717, 1.165) is 25.2 Å². The molecule has 0 bridgehead atoms. The molecule has 0 aliphatic carbocycles. The fraction of sp³-hybridized carbons (Fsp3) is 0.625. The summed E-state index contributed by atoms with van der Waals surface area (Å²) in [5.41, 5.74) is 7.40. The molecule has 4 aromatic rings. The van der Waals surface area contributed by atoms with Gasteiger partial charge in [-0.05, 0) is 110 Å². The van der Waals surface area contributed by atoms with Gasteiger partial charge in [0, 0.05) is 44.7 Å². The molecule has 6 heterocycles. The first-order valence-electron chi connectivity index (χ1n) is 25.7. The SMILES string of the molecule is CCCCCCCCC(CCCCCC)CN1CC2=C(c3ccc(-c4cc(C)cs4)s3)N(CC(CCCCCC)CCCCCCCC)C(=O)C2=C1c1ccc(-c2cc(C)cs2)s1. The van der Waals surface area contributed by atoms with Gasteiger partial charge in [-0.3, -0.25) is 4.79 Å². The van der Waals surface area contributed by atoms with E-state index < -0.39 is 0 Å². The summed E-state index contributed by atoms with van der Waals surface area (Å²) in [7, 11) is 0. The van der Waals surface area contributed by atoms with Crippen molar-refractivity contribution in [3.63, 3.8) is 0 Å². The average Bonchev–Trinajstić information content (AvgIpc) is 4.15. The summed E-state index contributed by atoms with van der Waals surface area (Å²) in [5, 5.41) is 4.54. The zero-order valence-corrected chi connectivity index (χ0v) is 43.6. The topological polar surface area (TPSA) is 23.6 Å². The number of aryl methyl sites for hydroxylation is 2. The van der Waals surface area contributed by atoms with Crippen LogP contribution in [0.25, 0.3) is 30.9 Å². The third-order valence-corrected chi connectivity index (χ3v) is 18.3. The molecule has 0 radical (unpaired) electrons. The van der Waals surface area contributed by atoms with Crippen molar-refractivity contribution in [2.45, 2.75) is 196 Å². The van der Waals surface area contributed by atoms with Crippen LogP contribution in [0.2, 0.25) is 0 Å². The Bertz CT molecular complexity index is 2020. The zero-order chi connectivity index (χ0) is 44.4. The fourth-order valence-electron chi connectivity index (χ4n) is 10.0. The van der Waals surface area contributed by atoms with Crippen LogP contribution in [-0.2, 0) is 4.79 Å². The summed E-state index contributed by atoms with van der Waals surface area (Å²) in [6.45, 7) is 16.4. The van der Waals surface area contributed by atoms with E-state index in [-0.39, 0.29) is 5.91 Å². The molecule has 63 heavy (non-hydrogen) atoms. The molecular weight excluding hydrogens is 845 g/mol. The lowest BCUT2D eigenvalue weighted by Crippen LogP contribution is -2.33. The monoisotopic (exact) mass is 927 g/mol. The van der Waals surface area contributed by atoms with Gasteiger partial charge in [-0.2, -0.15) is 0 Å². The summed E-state index contributed by atoms with van der Waals surface area (Å²) in [5.74, 6) is 1.42. The number of amides is 1. The number of rotatable bonds is 32. The molecule has 2 atom stereocenters. The number of carbonyl (C=O) groups is 1. The molecule has 0 saturated carbocycles. The second kappa shape index (κ2) is 26.6. The van der Waals surface area contributed by atoms with Crippen molar-refractivity contribution in [2.24, 2.45) is 11.8 Å². The van der Waals surface area contributed by atoms with Crippen molar-refractivity contribution < 1.29 is 4.79 Å². The Hall–Kier alpha value is -2.45. The molecule has 2 unspecified atom stereocenters. The van der Waals surface area contributed by atoms with Crippen molar-refractivity contribution in [3.05, 3.63) is 79.2 Å². The molecule has 6 rings (SSSR count). The Balaban J connectivity index is 1.39. The van der Waals surface area contributed by atoms with Gasteiger partial charge in [0.05, 0.1) is 26.7 Å². The normalized spacial score (nSPS) is 15.2. The van der Waals surface area contributed by atoms with Crippen LogP contribution in [0.1, 0.15) is 203 Å². The van der Waals surface area contributed by atoms with E-state index in [1.807, 2.05) is 45.3 Å². The van der Waals surface area contributed by atoms with E-state index >= 15 is 4.79 Å². The fourth-order valence-corrected chi connectivity index (χ4v) is 14.2. The number of nitrogens with zero attached hydrogens (tertiary/aromatic N) is 2. The standard InChI is InChI=1S/C56H82N2OS4/c1-7-11-15-19-21-25-28-44(27-23-17-13-9-3)37-57-39-46-53(55(57)50-34-32-48(63-50)52-36-43(6)41-61-52)56(59)58(54(46)49-33-31-47(62-49)51-35-42(5)40-60-51)38-45(29-24-18-14-10-4)30-26-22-20-16-12-8-2/h31-36,40-41,44-45H,7-30,37-39H2,1-6H3. The average molecular weight is 928 g/mol. The van der Waals surface area contributed by atoms with Crippen LogP contribution in [-0.4, -0.2) is 35.3 Å². The second-order valence-corrected chi connectivity index (χ2v) is 23.2. The summed E-state index contributed by atoms with van der Waals surface area (Å²) in [6.07, 6.45) is 31.4. The summed E-state index contributed by atoms with van der Waals surface area (Å²) in [4.78, 5) is 28.5. The summed E-state index contributed by atoms with van der Waals surface area (Å²) in [6, 6.07) is 14.0. The molecular formula is C56H82N2OS4. The number of hydrogen-bond acceptors (Lipinski definition) is 6. The Morgan fingerprint density at radius 3 is 1.33 bits per heavy atom. The van der Waals surface area contributed by atoms with Crippen molar-refractivity contribution in [1.29, 1.82) is 0 Å². The van der Waals surface area contributed by atoms with Crippen molar-refractivity contribution in [1.82, 2.24) is 9.80 Å². The maximum Gasteiger partial charge on any atom is 0.260 e. The van der Waals surface area contributed by atoms with E-state index in [9.17, 15) is 0 Å². The number of carbonyl (C=O) groups excluding carboxylic acids is 1. The predicted molar refractivity (Wildman–Crippen MR) is 282 cm³/mol. The number of thiophene rings is 4. The molecule has 346 valence electrons. The lowest BCUT2D eigenvalue weighted by atomic mass is 9.93. The highest BCUT2D eigenvalue weighted by atomic mass is 32.1. The van der Waals surface area contributed by atoms with E-state index in [1.165, 1.54) is 211 Å². The van der Waals surface area contributed by atoms with E-state index in [0.29, 0.717) is 11.8 Å². The zero-order valence-electron chi connectivity index (χ0n) is 40.3. The largest absolute Gasteiger partial charge is 0.365 e. The maximum absolute atomic E-state index is 15.7. The minimum Gasteiger partial charge on any atom is -0.365 e. The lowest BCUT2D eigenvalue weighted by Gasteiger charge is -2.30. The molecule has 2 aliphatic rings. The molecule has 0 saturated heterocycles. The molecule has 0 aromatic carbocycles. The van der Waals surface area contributed by atoms with Gasteiger partial charge in [-0.15, -0.1) is 45.3 Å². The van der Waals surface area contributed by atoms with Crippen LogP contribution in [0, 0.1) is 25.7 Å². The van der Waals surface area contributed by atoms with E-state index in [4.69, 9.17) is 0 Å². The number of unbranched alkanes of at least 4 members (excludes halogenated alkanes) is 16. The Morgan fingerprint density at radius 2 is 0.889 bits per heavy atom. The predicted octanol–water partition coefficient (Wildman–Crippen LogP) is 18.8. The molecule has 1 amide bonds. The van der Waals surface area contributed by atoms with Gasteiger partial charge < -0.3 is 9.80 Å². The van der Waals surface area contributed by atoms with Gasteiger partial charge >= 0.3 is 0 Å². The Kier molecular flexibility index (Phi) is 21.1. The first kappa shape index (κ1) is 50.0. The van der Waals surface area contributed by atoms with E-state index in [1.54, 1.807) is 0 Å². The molecule has 3 nitrogen and oxygen atoms in total. The van der Waals surface area contributed by atoms with E-state index in [2.05, 4.69) is 98.5 Å². The van der Waals surface area contributed by atoms with Gasteiger partial charge in [0.1, 0.15) is 0 Å². The highest BCUT2D eigenvalue weighted by Crippen LogP contribution is 2.50. The van der Waals surface area contributed by atoms with Crippen LogP contribution in [0.4, 0.5) is 0 Å². The quantitative estimate of drug-likeness (QED) is 0.0456. The van der Waals surface area contributed by atoms with Gasteiger partial charge in [0.15, 0.2) is 0 Å². The van der Waals surface area contributed by atoms with Crippen molar-refractivity contribution in [3.8, 4) is 19.5 Å². The summed E-state index contributed by atoms with van der Waals surface area (Å²) < 4.78 is 0. The van der Waals surface area contributed by atoms with Gasteiger partial charge in [0.25, 0.3) is 5.91 Å². The minimum atomic E-state index is 0.262. The van der Waals surface area contributed by atoms with Gasteiger partial charge in [-0.1, -0.05) is 156 Å². The van der Waals surface area contributed by atoms with Crippen molar-refractivity contribution >= 4 is 62.6 Å². The first-order chi connectivity index (χ1) is 30.8. The smallest absolute Gasteiger partial charge is 0.260 e. The van der Waals surface area contributed by atoms with Crippen LogP contribution in [0.15, 0.2) is 58.3 Å². The maximum atomic E-state index is 15.7. The van der Waals surface area contributed by atoms with Gasteiger partial charge in [0.2, 0.25) is 0 Å². The van der Waals surface area contributed by atoms with Crippen LogP contribution < -0.4 is 0 Å². The molecule has 4 aromatic heterocycles. The highest BCUT2D eigenvalue weighted by molar-refractivity contribution is 7.22. The Labute approximate surface area is 400 Å². The van der Waals surface area contributed by atoms with Gasteiger partial charge in [-0.25, -0.2) is 0 Å². The molecule has 0 N–H and O–H groups in total. The second-order valence-electron chi connectivity index (χ2n) is 19.2. The first-order valence-corrected chi connectivity index (χ1v) is 29.1. The third-order valence-electron chi connectivity index (χ3n) is 13.6. The molecule has 0 spiro atoms. The Morgan fingerprint density at radius 1 is 0.492 bits per heavy atom. The van der Waals surface area contributed by atoms with Crippen LogP contribution in [0.3, 0.4) is 0 Å². The number of hydrogen-bond donors (Lipinski definition) is 0. The van der Waals surface area contributed by atoms with Crippen LogP contribution in [0.5, 0.6) is 0 Å². The highest BCUT2D eigenvalue weighted by Gasteiger charge is 2.45. The minimum absolute atomic E-state index is 0.262. The lowest BCUT2D eigenvalue weighted by molar-refractivity contribution is -0.123. The summed E-state index contributed by atoms with van der Waals surface area (Å²) >= 11 is 7.50. The molecule has 0 fully saturated rings. The number of fused-ring (bicyclic) bond motifs is 1. The molecule has 7 heteroatoms. The molecule has 2 aliphatic heterocycles. The van der Waals surface area contributed by atoms with Crippen LogP contribution >= 0.6 is 45.3 Å². The van der Waals surface area contributed by atoms with Crippen molar-refractivity contribution in [2.75, 3.05) is 19.6 Å².